The van der Waals surface area contributed by atoms with E-state index >= 15 is 0 Å². The number of nitriles is 1. The zero-order valence-electron chi connectivity index (χ0n) is 17.5. The number of aromatic amines is 1. The van der Waals surface area contributed by atoms with Gasteiger partial charge in [-0.05, 0) is 29.5 Å². The summed E-state index contributed by atoms with van der Waals surface area (Å²) in [6, 6.07) is 31.0. The Kier molecular flexibility index (Phi) is 5.27. The Morgan fingerprint density at radius 2 is 1.50 bits per heavy atom. The molecule has 3 aromatic carbocycles. The average molecular weight is 419 g/mol. The van der Waals surface area contributed by atoms with Gasteiger partial charge in [-0.25, -0.2) is 0 Å². The highest BCUT2D eigenvalue weighted by molar-refractivity contribution is 5.85. The van der Waals surface area contributed by atoms with Crippen LogP contribution in [0, 0.1) is 22.7 Å². The summed E-state index contributed by atoms with van der Waals surface area (Å²) in [4.78, 5) is 0. The van der Waals surface area contributed by atoms with Gasteiger partial charge in [-0.3, -0.25) is 10.5 Å². The molecule has 0 aliphatic carbocycles. The highest BCUT2D eigenvalue weighted by Crippen LogP contribution is 2.44. The van der Waals surface area contributed by atoms with Crippen molar-refractivity contribution in [2.24, 2.45) is 5.92 Å². The number of hydrogen-bond acceptors (Lipinski definition) is 4. The van der Waals surface area contributed by atoms with E-state index in [1.54, 1.807) is 0 Å². The van der Waals surface area contributed by atoms with Crippen LogP contribution in [0.1, 0.15) is 23.5 Å². The van der Waals surface area contributed by atoms with Gasteiger partial charge in [-0.15, -0.1) is 5.10 Å². The Hall–Kier alpha value is -4.17. The summed E-state index contributed by atoms with van der Waals surface area (Å²) in [5.74, 6) is -0.428. The lowest BCUT2D eigenvalue weighted by molar-refractivity contribution is 0.407. The van der Waals surface area contributed by atoms with Crippen LogP contribution < -0.4 is 4.74 Å². The quantitative estimate of drug-likeness (QED) is 0.419. The summed E-state index contributed by atoms with van der Waals surface area (Å²) in [5, 5.41) is 25.5. The lowest BCUT2D eigenvalue weighted by Crippen LogP contribution is -2.30. The molecule has 2 atom stereocenters. The molecule has 156 valence electrons. The smallest absolute Gasteiger partial charge is 0.243 e. The molecule has 1 aromatic heterocycles. The Morgan fingerprint density at radius 3 is 2.19 bits per heavy atom. The van der Waals surface area contributed by atoms with Crippen LogP contribution in [0.25, 0.3) is 22.4 Å². The molecule has 5 nitrogen and oxygen atoms in total. The van der Waals surface area contributed by atoms with Gasteiger partial charge in [0, 0.05) is 17.0 Å². The first-order chi connectivity index (χ1) is 15.7. The van der Waals surface area contributed by atoms with Crippen LogP contribution in [0.5, 0.6) is 5.88 Å². The molecular weight excluding hydrogens is 396 g/mol. The minimum Gasteiger partial charge on any atom is -0.422 e. The van der Waals surface area contributed by atoms with Gasteiger partial charge in [0.05, 0.1) is 11.8 Å². The molecule has 5 heteroatoms. The van der Waals surface area contributed by atoms with E-state index in [2.05, 4.69) is 64.8 Å². The fourth-order valence-electron chi connectivity index (χ4n) is 4.38. The number of benzene rings is 3. The van der Waals surface area contributed by atoms with Gasteiger partial charge in [-0.1, -0.05) is 84.9 Å². The largest absolute Gasteiger partial charge is 0.422 e. The van der Waals surface area contributed by atoms with Crippen LogP contribution in [0.3, 0.4) is 0 Å². The van der Waals surface area contributed by atoms with Crippen LogP contribution in [-0.4, -0.2) is 16.1 Å². The van der Waals surface area contributed by atoms with Crippen molar-refractivity contribution in [3.05, 3.63) is 96.1 Å². The number of nitrogens with one attached hydrogen (secondary N) is 2. The van der Waals surface area contributed by atoms with E-state index in [1.165, 1.54) is 5.56 Å². The predicted octanol–water partition coefficient (Wildman–Crippen LogP) is 5.97. The summed E-state index contributed by atoms with van der Waals surface area (Å²) in [6.07, 6.45) is 1.55. The molecule has 32 heavy (non-hydrogen) atoms. The maximum atomic E-state index is 9.81. The van der Waals surface area contributed by atoms with Gasteiger partial charge >= 0.3 is 0 Å². The number of ether oxygens (including phenoxy) is 1. The van der Waals surface area contributed by atoms with E-state index in [0.717, 1.165) is 40.8 Å². The number of H-pyrrole nitrogens is 1. The van der Waals surface area contributed by atoms with Gasteiger partial charge in [0.1, 0.15) is 5.92 Å². The molecule has 2 N–H and O–H groups in total. The molecule has 1 aliphatic rings. The Labute approximate surface area is 186 Å². The van der Waals surface area contributed by atoms with Gasteiger partial charge in [0.25, 0.3) is 0 Å². The van der Waals surface area contributed by atoms with Gasteiger partial charge in [0.2, 0.25) is 11.8 Å². The number of nitrogens with zero attached hydrogens (tertiary/aromatic N) is 2. The minimum absolute atomic E-state index is 0.0319. The first-order valence-electron chi connectivity index (χ1n) is 10.7. The van der Waals surface area contributed by atoms with E-state index in [-0.39, 0.29) is 11.8 Å². The summed E-state index contributed by atoms with van der Waals surface area (Å²) >= 11 is 0. The third kappa shape index (κ3) is 3.67. The molecule has 0 bridgehead atoms. The maximum absolute atomic E-state index is 9.81. The van der Waals surface area contributed by atoms with Crippen molar-refractivity contribution >= 4 is 5.90 Å². The number of hydrogen-bond donors (Lipinski definition) is 2. The summed E-state index contributed by atoms with van der Waals surface area (Å²) in [5.41, 5.74) is 6.23. The summed E-state index contributed by atoms with van der Waals surface area (Å²) in [7, 11) is 0. The van der Waals surface area contributed by atoms with E-state index < -0.39 is 5.92 Å². The molecule has 2 heterocycles. The lowest BCUT2D eigenvalue weighted by atomic mass is 9.80. The highest BCUT2D eigenvalue weighted by atomic mass is 16.5. The predicted molar refractivity (Wildman–Crippen MR) is 124 cm³/mol. The molecule has 0 spiro atoms. The van der Waals surface area contributed by atoms with Gasteiger partial charge in [-0.2, -0.15) is 5.26 Å². The fourth-order valence-corrected chi connectivity index (χ4v) is 4.38. The van der Waals surface area contributed by atoms with Crippen LogP contribution in [-0.2, 0) is 6.42 Å². The van der Waals surface area contributed by atoms with Crippen LogP contribution in [0.15, 0.2) is 84.9 Å². The first kappa shape index (κ1) is 19.8. The molecular formula is C27H22N4O. The maximum Gasteiger partial charge on any atom is 0.243 e. The van der Waals surface area contributed by atoms with Crippen molar-refractivity contribution in [2.75, 3.05) is 0 Å². The number of aryl methyl sites for hydroxylation is 1. The number of rotatable bonds is 5. The van der Waals surface area contributed by atoms with Crippen molar-refractivity contribution in [1.29, 1.82) is 10.7 Å². The molecule has 0 amide bonds. The number of fused-ring (bicyclic) bond motifs is 1. The first-order valence-corrected chi connectivity index (χ1v) is 10.7. The molecule has 0 fully saturated rings. The Morgan fingerprint density at radius 1 is 0.875 bits per heavy atom. The standard InChI is InChI=1S/C27H22N4O/c28-17-23-22(16-11-18-7-3-1-4-8-18)24-25(30-31-27(24)32-26(23)29)21-14-12-20(13-15-21)19-9-5-2-6-10-19/h1-10,12-15,22-23,29H,11,16H2,(H,30,31). The second-order valence-corrected chi connectivity index (χ2v) is 7.96. The Balaban J connectivity index is 1.50. The molecule has 0 saturated heterocycles. The third-order valence-corrected chi connectivity index (χ3v) is 6.04. The number of aromatic nitrogens is 2. The third-order valence-electron chi connectivity index (χ3n) is 6.04. The average Bonchev–Trinajstić information content (AvgIpc) is 3.27. The topological polar surface area (TPSA) is 85.6 Å². The molecule has 4 aromatic rings. The normalized spacial score (nSPS) is 17.3. The fraction of sp³-hybridized carbons (Fsp3) is 0.148. The zero-order chi connectivity index (χ0) is 21.9. The van der Waals surface area contributed by atoms with E-state index in [1.807, 2.05) is 36.4 Å². The van der Waals surface area contributed by atoms with Gasteiger partial charge < -0.3 is 4.74 Å². The van der Waals surface area contributed by atoms with E-state index in [4.69, 9.17) is 10.1 Å². The van der Waals surface area contributed by atoms with E-state index in [0.29, 0.717) is 5.88 Å². The summed E-state index contributed by atoms with van der Waals surface area (Å²) < 4.78 is 5.63. The molecule has 0 saturated carbocycles. The summed E-state index contributed by atoms with van der Waals surface area (Å²) in [6.45, 7) is 0. The van der Waals surface area contributed by atoms with Crippen molar-refractivity contribution < 1.29 is 4.74 Å². The molecule has 2 unspecified atom stereocenters. The van der Waals surface area contributed by atoms with Crippen molar-refractivity contribution in [2.45, 2.75) is 18.8 Å². The minimum atomic E-state index is -0.633. The SMILES string of the molecule is N#CC1C(=N)Oc2n[nH]c(-c3ccc(-c4ccccc4)cc3)c2C1CCc1ccccc1. The monoisotopic (exact) mass is 418 g/mol. The van der Waals surface area contributed by atoms with Crippen LogP contribution in [0.2, 0.25) is 0 Å². The zero-order valence-corrected chi connectivity index (χ0v) is 17.5. The molecule has 5 rings (SSSR count). The Bertz CT molecular complexity index is 1270. The van der Waals surface area contributed by atoms with Gasteiger partial charge in [0.15, 0.2) is 0 Å². The van der Waals surface area contributed by atoms with Crippen molar-refractivity contribution in [1.82, 2.24) is 10.2 Å². The van der Waals surface area contributed by atoms with Crippen LogP contribution >= 0.6 is 0 Å². The second kappa shape index (κ2) is 8.52. The molecule has 0 radical (unpaired) electrons. The highest BCUT2D eigenvalue weighted by Gasteiger charge is 2.39. The van der Waals surface area contributed by atoms with Crippen molar-refractivity contribution in [3.8, 4) is 34.3 Å². The van der Waals surface area contributed by atoms with Crippen LogP contribution in [0.4, 0.5) is 0 Å². The van der Waals surface area contributed by atoms with Crippen molar-refractivity contribution in [3.63, 3.8) is 0 Å². The lowest BCUT2D eigenvalue weighted by Gasteiger charge is -2.27. The van der Waals surface area contributed by atoms with E-state index in [9.17, 15) is 5.26 Å². The molecule has 1 aliphatic heterocycles. The second-order valence-electron chi connectivity index (χ2n) is 7.96.